The first-order chi connectivity index (χ1) is 8.95. The monoisotopic (exact) mass is 282 g/mol. The van der Waals surface area contributed by atoms with Gasteiger partial charge in [0.05, 0.1) is 12.0 Å². The van der Waals surface area contributed by atoms with E-state index in [0.29, 0.717) is 17.5 Å². The Morgan fingerprint density at radius 2 is 1.95 bits per heavy atom. The largest absolute Gasteiger partial charge is 0.349 e. The van der Waals surface area contributed by atoms with Crippen LogP contribution >= 0.6 is 11.6 Å². The van der Waals surface area contributed by atoms with Gasteiger partial charge >= 0.3 is 0 Å². The number of nitrogens with two attached hydrogens (primary N) is 1. The first-order valence-electron chi connectivity index (χ1n) is 6.70. The molecule has 4 heteroatoms. The van der Waals surface area contributed by atoms with Crippen LogP contribution in [0.25, 0.3) is 0 Å². The summed E-state index contributed by atoms with van der Waals surface area (Å²) in [4.78, 5) is 12.2. The highest BCUT2D eigenvalue weighted by molar-refractivity contribution is 6.31. The smallest absolute Gasteiger partial charge is 0.224 e. The lowest BCUT2D eigenvalue weighted by molar-refractivity contribution is -0.125. The summed E-state index contributed by atoms with van der Waals surface area (Å²) in [6, 6.07) is 7.43. The molecule has 0 fully saturated rings. The standard InChI is InChI=1S/C15H23ClN2O/c1-10(2)8-12(9-17)15(19)18-11(3)13-6-4-5-7-14(13)16/h4-7,10-12H,8-9,17H2,1-3H3,(H,18,19)/t11-,12?/m1/s1. The van der Waals surface area contributed by atoms with Crippen molar-refractivity contribution < 1.29 is 4.79 Å². The van der Waals surface area contributed by atoms with Gasteiger partial charge < -0.3 is 11.1 Å². The van der Waals surface area contributed by atoms with Crippen LogP contribution in [0.3, 0.4) is 0 Å². The molecule has 0 aromatic heterocycles. The molecule has 0 saturated carbocycles. The summed E-state index contributed by atoms with van der Waals surface area (Å²) in [6.07, 6.45) is 0.803. The van der Waals surface area contributed by atoms with E-state index in [9.17, 15) is 4.79 Å². The Morgan fingerprint density at radius 1 is 1.32 bits per heavy atom. The van der Waals surface area contributed by atoms with Crippen LogP contribution in [0.2, 0.25) is 5.02 Å². The van der Waals surface area contributed by atoms with Crippen LogP contribution in [-0.2, 0) is 4.79 Å². The zero-order valence-corrected chi connectivity index (χ0v) is 12.6. The van der Waals surface area contributed by atoms with Gasteiger partial charge in [0.2, 0.25) is 5.91 Å². The molecule has 2 atom stereocenters. The van der Waals surface area contributed by atoms with Crippen molar-refractivity contribution in [2.75, 3.05) is 6.54 Å². The predicted molar refractivity (Wildman–Crippen MR) is 80.0 cm³/mol. The molecule has 3 nitrogen and oxygen atoms in total. The molecule has 1 amide bonds. The third-order valence-corrected chi connectivity index (χ3v) is 3.49. The number of hydrogen-bond acceptors (Lipinski definition) is 2. The second kappa shape index (κ2) is 7.51. The molecular formula is C15H23ClN2O. The Balaban J connectivity index is 2.68. The molecule has 0 aliphatic carbocycles. The molecule has 19 heavy (non-hydrogen) atoms. The maximum Gasteiger partial charge on any atom is 0.224 e. The number of carbonyl (C=O) groups excluding carboxylic acids is 1. The topological polar surface area (TPSA) is 55.1 Å². The highest BCUT2D eigenvalue weighted by atomic mass is 35.5. The van der Waals surface area contributed by atoms with Crippen molar-refractivity contribution in [3.63, 3.8) is 0 Å². The summed E-state index contributed by atoms with van der Waals surface area (Å²) in [5.74, 6) is 0.323. The van der Waals surface area contributed by atoms with Gasteiger partial charge in [-0.25, -0.2) is 0 Å². The molecule has 1 aromatic rings. The number of nitrogens with one attached hydrogen (secondary N) is 1. The molecule has 0 bridgehead atoms. The van der Waals surface area contributed by atoms with E-state index < -0.39 is 0 Å². The molecule has 0 saturated heterocycles. The lowest BCUT2D eigenvalue weighted by Gasteiger charge is -2.21. The third kappa shape index (κ3) is 4.84. The second-order valence-electron chi connectivity index (χ2n) is 5.31. The van der Waals surface area contributed by atoms with Gasteiger partial charge in [0, 0.05) is 11.6 Å². The van der Waals surface area contributed by atoms with E-state index in [1.54, 1.807) is 0 Å². The number of benzene rings is 1. The zero-order chi connectivity index (χ0) is 14.4. The average Bonchev–Trinajstić information content (AvgIpc) is 2.35. The quantitative estimate of drug-likeness (QED) is 0.842. The lowest BCUT2D eigenvalue weighted by atomic mass is 9.96. The van der Waals surface area contributed by atoms with Crippen LogP contribution in [0.15, 0.2) is 24.3 Å². The van der Waals surface area contributed by atoms with Crippen LogP contribution in [0.5, 0.6) is 0 Å². The minimum atomic E-state index is -0.134. The fraction of sp³-hybridized carbons (Fsp3) is 0.533. The molecule has 0 aliphatic rings. The van der Waals surface area contributed by atoms with E-state index in [1.165, 1.54) is 0 Å². The van der Waals surface area contributed by atoms with Crippen molar-refractivity contribution in [2.24, 2.45) is 17.6 Å². The first kappa shape index (κ1) is 16.0. The minimum absolute atomic E-state index is 0.00335. The number of amides is 1. The maximum absolute atomic E-state index is 12.2. The Hall–Kier alpha value is -1.06. The van der Waals surface area contributed by atoms with Gasteiger partial charge in [0.15, 0.2) is 0 Å². The van der Waals surface area contributed by atoms with Crippen molar-refractivity contribution in [1.82, 2.24) is 5.32 Å². The van der Waals surface area contributed by atoms with Gasteiger partial charge in [0.1, 0.15) is 0 Å². The van der Waals surface area contributed by atoms with E-state index >= 15 is 0 Å². The van der Waals surface area contributed by atoms with Crippen LogP contribution in [-0.4, -0.2) is 12.5 Å². The Labute approximate surface area is 120 Å². The number of carbonyl (C=O) groups is 1. The third-order valence-electron chi connectivity index (χ3n) is 3.14. The summed E-state index contributed by atoms with van der Waals surface area (Å²) in [7, 11) is 0. The van der Waals surface area contributed by atoms with Gasteiger partial charge in [0.25, 0.3) is 0 Å². The summed E-state index contributed by atoms with van der Waals surface area (Å²) in [5.41, 5.74) is 6.61. The maximum atomic E-state index is 12.2. The van der Waals surface area contributed by atoms with E-state index in [2.05, 4.69) is 19.2 Å². The van der Waals surface area contributed by atoms with E-state index in [0.717, 1.165) is 12.0 Å². The summed E-state index contributed by atoms with van der Waals surface area (Å²) in [6.45, 7) is 6.49. The SMILES string of the molecule is CC(C)CC(CN)C(=O)N[C@H](C)c1ccccc1Cl. The summed E-state index contributed by atoms with van der Waals surface area (Å²) < 4.78 is 0. The summed E-state index contributed by atoms with van der Waals surface area (Å²) in [5, 5.41) is 3.66. The molecule has 0 spiro atoms. The van der Waals surface area contributed by atoms with Crippen molar-refractivity contribution in [1.29, 1.82) is 0 Å². The van der Waals surface area contributed by atoms with Crippen LogP contribution in [0.1, 0.15) is 38.8 Å². The van der Waals surface area contributed by atoms with Crippen molar-refractivity contribution in [2.45, 2.75) is 33.2 Å². The van der Waals surface area contributed by atoms with Crippen molar-refractivity contribution in [3.05, 3.63) is 34.9 Å². The fourth-order valence-corrected chi connectivity index (χ4v) is 2.41. The fourth-order valence-electron chi connectivity index (χ4n) is 2.11. The minimum Gasteiger partial charge on any atom is -0.349 e. The van der Waals surface area contributed by atoms with Gasteiger partial charge in [-0.3, -0.25) is 4.79 Å². The second-order valence-corrected chi connectivity index (χ2v) is 5.72. The highest BCUT2D eigenvalue weighted by Gasteiger charge is 2.20. The predicted octanol–water partition coefficient (Wildman–Crippen LogP) is 3.14. The number of hydrogen-bond donors (Lipinski definition) is 2. The Morgan fingerprint density at radius 3 is 2.47 bits per heavy atom. The van der Waals surface area contributed by atoms with E-state index in [4.69, 9.17) is 17.3 Å². The van der Waals surface area contributed by atoms with Crippen molar-refractivity contribution in [3.8, 4) is 0 Å². The molecule has 1 rings (SSSR count). The Bertz CT molecular complexity index is 420. The molecule has 1 unspecified atom stereocenters. The lowest BCUT2D eigenvalue weighted by Crippen LogP contribution is -2.37. The van der Waals surface area contributed by atoms with Gasteiger partial charge in [-0.15, -0.1) is 0 Å². The van der Waals surface area contributed by atoms with Crippen molar-refractivity contribution >= 4 is 17.5 Å². The molecule has 0 radical (unpaired) electrons. The van der Waals surface area contributed by atoms with Gasteiger partial charge in [-0.05, 0) is 30.9 Å². The molecule has 3 N–H and O–H groups in total. The molecule has 106 valence electrons. The van der Waals surface area contributed by atoms with E-state index in [1.807, 2.05) is 31.2 Å². The Kier molecular flexibility index (Phi) is 6.32. The molecular weight excluding hydrogens is 260 g/mol. The summed E-state index contributed by atoms with van der Waals surface area (Å²) >= 11 is 6.12. The highest BCUT2D eigenvalue weighted by Crippen LogP contribution is 2.22. The van der Waals surface area contributed by atoms with E-state index in [-0.39, 0.29) is 17.9 Å². The van der Waals surface area contributed by atoms with Crippen LogP contribution < -0.4 is 11.1 Å². The van der Waals surface area contributed by atoms with Gasteiger partial charge in [-0.1, -0.05) is 43.6 Å². The first-order valence-corrected chi connectivity index (χ1v) is 7.08. The van der Waals surface area contributed by atoms with Gasteiger partial charge in [-0.2, -0.15) is 0 Å². The molecule has 1 aromatic carbocycles. The number of halogens is 1. The number of rotatable bonds is 6. The van der Waals surface area contributed by atoms with Crippen LogP contribution in [0, 0.1) is 11.8 Å². The normalized spacial score (nSPS) is 14.2. The average molecular weight is 283 g/mol. The molecule has 0 aliphatic heterocycles. The molecule has 0 heterocycles. The van der Waals surface area contributed by atoms with Crippen LogP contribution in [0.4, 0.5) is 0 Å². The zero-order valence-electron chi connectivity index (χ0n) is 11.8.